The van der Waals surface area contributed by atoms with Crippen molar-refractivity contribution in [3.05, 3.63) is 83.9 Å². The van der Waals surface area contributed by atoms with E-state index < -0.39 is 11.9 Å². The first-order valence-electron chi connectivity index (χ1n) is 18.6. The number of hydrogen-bond donors (Lipinski definition) is 0. The highest BCUT2D eigenvalue weighted by Crippen LogP contribution is 2.28. The number of unbranched alkanes of at least 4 members (excludes halogenated alkanes) is 6. The third-order valence-electron chi connectivity index (χ3n) is 9.03. The van der Waals surface area contributed by atoms with Crippen LogP contribution in [0, 0.1) is 10.8 Å². The van der Waals surface area contributed by atoms with Gasteiger partial charge in [-0.1, -0.05) is 26.7 Å². The van der Waals surface area contributed by atoms with Crippen LogP contribution in [0.3, 0.4) is 0 Å². The lowest BCUT2D eigenvalue weighted by Crippen LogP contribution is -2.43. The van der Waals surface area contributed by atoms with E-state index in [0.717, 1.165) is 104 Å². The fourth-order valence-electron chi connectivity index (χ4n) is 5.69. The molecule has 0 unspecified atom stereocenters. The van der Waals surface area contributed by atoms with Crippen LogP contribution < -0.4 is 18.9 Å². The predicted molar refractivity (Wildman–Crippen MR) is 197 cm³/mol. The Balaban J connectivity index is 0.904. The van der Waals surface area contributed by atoms with Crippen molar-refractivity contribution in [3.8, 4) is 23.0 Å². The van der Waals surface area contributed by atoms with Gasteiger partial charge in [0.2, 0.25) is 0 Å². The second kappa shape index (κ2) is 20.3. The first kappa shape index (κ1) is 39.3. The van der Waals surface area contributed by atoms with E-state index in [1.54, 1.807) is 72.8 Å². The topological polar surface area (TPSA) is 108 Å². The molecule has 2 aliphatic rings. The van der Waals surface area contributed by atoms with Gasteiger partial charge in [-0.25, -0.2) is 9.59 Å². The van der Waals surface area contributed by atoms with Gasteiger partial charge < -0.3 is 37.9 Å². The fourth-order valence-corrected chi connectivity index (χ4v) is 5.69. The van der Waals surface area contributed by atoms with E-state index in [2.05, 4.69) is 13.8 Å². The van der Waals surface area contributed by atoms with E-state index >= 15 is 0 Å². The molecule has 10 nitrogen and oxygen atoms in total. The summed E-state index contributed by atoms with van der Waals surface area (Å²) in [6, 6.07) is 20.1. The lowest BCUT2D eigenvalue weighted by molar-refractivity contribution is -0.138. The molecule has 2 fully saturated rings. The molecule has 5 rings (SSSR count). The molecular weight excluding hydrogens is 664 g/mol. The Hall–Kier alpha value is -3.96. The second-order valence-electron chi connectivity index (χ2n) is 14.5. The van der Waals surface area contributed by atoms with E-state index in [0.29, 0.717) is 47.3 Å². The molecule has 0 aromatic heterocycles. The summed E-state index contributed by atoms with van der Waals surface area (Å²) in [5.74, 6) is 1.11. The van der Waals surface area contributed by atoms with E-state index in [1.165, 1.54) is 0 Å². The summed E-state index contributed by atoms with van der Waals surface area (Å²) in [6.07, 6.45) is 8.35. The standard InChI is InChI=1S/C42H54O10/c1-41(29-47-30-41)27-45-23-7-3-5-9-25-49-35-15-11-33(12-16-35)39(43)51-37-19-21-38(22-20-37)52-40(44)34-13-17-36(18-14-34)50-26-10-6-4-8-24-46-28-42(2)31-48-32-42/h11-22H,3-10,23-32H2,1-2H3. The van der Waals surface area contributed by atoms with Crippen molar-refractivity contribution in [1.29, 1.82) is 0 Å². The van der Waals surface area contributed by atoms with E-state index in [-0.39, 0.29) is 10.8 Å². The van der Waals surface area contributed by atoms with Crippen molar-refractivity contribution in [3.63, 3.8) is 0 Å². The van der Waals surface area contributed by atoms with Crippen molar-refractivity contribution in [1.82, 2.24) is 0 Å². The minimum Gasteiger partial charge on any atom is -0.494 e. The van der Waals surface area contributed by atoms with Crippen molar-refractivity contribution >= 4 is 11.9 Å². The highest BCUT2D eigenvalue weighted by molar-refractivity contribution is 5.92. The molecule has 0 atom stereocenters. The monoisotopic (exact) mass is 718 g/mol. The maximum absolute atomic E-state index is 12.7. The van der Waals surface area contributed by atoms with Crippen molar-refractivity contribution in [2.75, 3.05) is 66.1 Å². The Morgan fingerprint density at radius 2 is 0.808 bits per heavy atom. The van der Waals surface area contributed by atoms with Gasteiger partial charge >= 0.3 is 11.9 Å². The first-order valence-corrected chi connectivity index (χ1v) is 18.6. The van der Waals surface area contributed by atoms with Gasteiger partial charge in [0.05, 0.1) is 64.0 Å². The quantitative estimate of drug-likeness (QED) is 0.0512. The van der Waals surface area contributed by atoms with Gasteiger partial charge in [-0.05, 0) is 111 Å². The van der Waals surface area contributed by atoms with Crippen molar-refractivity contribution in [2.24, 2.45) is 10.8 Å². The van der Waals surface area contributed by atoms with E-state index in [1.807, 2.05) is 0 Å². The summed E-state index contributed by atoms with van der Waals surface area (Å²) in [4.78, 5) is 25.4. The molecule has 3 aromatic rings. The van der Waals surface area contributed by atoms with E-state index in [9.17, 15) is 9.59 Å². The zero-order valence-corrected chi connectivity index (χ0v) is 30.7. The minimum atomic E-state index is -0.491. The Labute approximate surface area is 308 Å². The molecule has 2 saturated heterocycles. The van der Waals surface area contributed by atoms with Gasteiger partial charge in [0.1, 0.15) is 23.0 Å². The maximum atomic E-state index is 12.7. The number of carbonyl (C=O) groups is 2. The van der Waals surface area contributed by atoms with Gasteiger partial charge in [-0.2, -0.15) is 0 Å². The Bertz CT molecular complexity index is 1380. The Kier molecular flexibility index (Phi) is 15.3. The summed E-state index contributed by atoms with van der Waals surface area (Å²) in [5, 5.41) is 0. The van der Waals surface area contributed by atoms with Gasteiger partial charge in [0.15, 0.2) is 0 Å². The lowest BCUT2D eigenvalue weighted by atomic mass is 9.90. The van der Waals surface area contributed by atoms with Crippen LogP contribution in [0.4, 0.5) is 0 Å². The SMILES string of the molecule is CC1(COCCCCCCOc2ccc(C(=O)Oc3ccc(OC(=O)c4ccc(OCCCCCCOCC5(C)COC5)cc4)cc3)cc2)COC1. The molecule has 52 heavy (non-hydrogen) atoms. The van der Waals surface area contributed by atoms with Crippen LogP contribution in [0.5, 0.6) is 23.0 Å². The highest BCUT2D eigenvalue weighted by Gasteiger charge is 2.34. The number of carbonyl (C=O) groups excluding carboxylic acids is 2. The lowest BCUT2D eigenvalue weighted by Gasteiger charge is -2.37. The van der Waals surface area contributed by atoms with E-state index in [4.69, 9.17) is 37.9 Å². The minimum absolute atomic E-state index is 0.206. The van der Waals surface area contributed by atoms with Gasteiger partial charge in [-0.3, -0.25) is 0 Å². The molecule has 2 heterocycles. The second-order valence-corrected chi connectivity index (χ2v) is 14.5. The van der Waals surface area contributed by atoms with Crippen LogP contribution in [0.2, 0.25) is 0 Å². The number of ether oxygens (including phenoxy) is 8. The molecule has 0 N–H and O–H groups in total. The molecule has 10 heteroatoms. The zero-order chi connectivity index (χ0) is 36.5. The molecule has 0 amide bonds. The number of benzene rings is 3. The number of hydrogen-bond acceptors (Lipinski definition) is 10. The largest absolute Gasteiger partial charge is 0.494 e. The maximum Gasteiger partial charge on any atom is 0.343 e. The van der Waals surface area contributed by atoms with Crippen molar-refractivity contribution < 1.29 is 47.5 Å². The molecular formula is C42H54O10. The number of rotatable bonds is 24. The normalized spacial score (nSPS) is 15.6. The fraction of sp³-hybridized carbons (Fsp3) is 0.524. The molecule has 0 aliphatic carbocycles. The summed E-state index contributed by atoms with van der Waals surface area (Å²) >= 11 is 0. The summed E-state index contributed by atoms with van der Waals surface area (Å²) in [7, 11) is 0. The Morgan fingerprint density at radius 1 is 0.481 bits per heavy atom. The molecule has 2 aliphatic heterocycles. The third kappa shape index (κ3) is 13.2. The molecule has 0 bridgehead atoms. The molecule has 0 radical (unpaired) electrons. The van der Waals surface area contributed by atoms with Crippen LogP contribution in [-0.2, 0) is 18.9 Å². The van der Waals surface area contributed by atoms with Crippen molar-refractivity contribution in [2.45, 2.75) is 65.2 Å². The first-order chi connectivity index (χ1) is 25.3. The predicted octanol–water partition coefficient (Wildman–Crippen LogP) is 8.11. The smallest absolute Gasteiger partial charge is 0.343 e. The van der Waals surface area contributed by atoms with Crippen LogP contribution in [0.1, 0.15) is 85.9 Å². The van der Waals surface area contributed by atoms with Gasteiger partial charge in [0, 0.05) is 24.0 Å². The Morgan fingerprint density at radius 3 is 1.13 bits per heavy atom. The molecule has 0 spiro atoms. The molecule has 3 aromatic carbocycles. The average Bonchev–Trinajstić information content (AvgIpc) is 3.13. The highest BCUT2D eigenvalue weighted by atomic mass is 16.5. The van der Waals surface area contributed by atoms with Gasteiger partial charge in [-0.15, -0.1) is 0 Å². The number of esters is 2. The summed E-state index contributed by atoms with van der Waals surface area (Å²) < 4.78 is 44.7. The molecule has 0 saturated carbocycles. The summed E-state index contributed by atoms with van der Waals surface area (Å²) in [5.41, 5.74) is 1.22. The third-order valence-corrected chi connectivity index (χ3v) is 9.03. The molecule has 282 valence electrons. The van der Waals surface area contributed by atoms with Crippen LogP contribution in [-0.4, -0.2) is 78.0 Å². The van der Waals surface area contributed by atoms with Crippen LogP contribution in [0.25, 0.3) is 0 Å². The zero-order valence-electron chi connectivity index (χ0n) is 30.7. The van der Waals surface area contributed by atoms with Gasteiger partial charge in [0.25, 0.3) is 0 Å². The van der Waals surface area contributed by atoms with Crippen LogP contribution in [0.15, 0.2) is 72.8 Å². The van der Waals surface area contributed by atoms with Crippen LogP contribution >= 0.6 is 0 Å². The summed E-state index contributed by atoms with van der Waals surface area (Å²) in [6.45, 7) is 11.9. The average molecular weight is 719 g/mol.